The van der Waals surface area contributed by atoms with Gasteiger partial charge in [0, 0.05) is 36.2 Å². The van der Waals surface area contributed by atoms with Crippen LogP contribution in [-0.2, 0) is 4.74 Å². The number of aromatic nitrogens is 1. The van der Waals surface area contributed by atoms with Crippen molar-refractivity contribution in [3.05, 3.63) is 82.0 Å². The highest BCUT2D eigenvalue weighted by molar-refractivity contribution is 6.35. The van der Waals surface area contributed by atoms with E-state index in [9.17, 15) is 9.59 Å². The zero-order valence-electron chi connectivity index (χ0n) is 18.4. The summed E-state index contributed by atoms with van der Waals surface area (Å²) in [6.45, 7) is 4.95. The monoisotopic (exact) mass is 485 g/mol. The molecule has 0 bridgehead atoms. The second-order valence-electron chi connectivity index (χ2n) is 7.45. The van der Waals surface area contributed by atoms with E-state index in [0.29, 0.717) is 40.7 Å². The summed E-state index contributed by atoms with van der Waals surface area (Å²) >= 11 is 12.6. The smallest absolute Gasteiger partial charge is 0.257 e. The van der Waals surface area contributed by atoms with Crippen LogP contribution in [0.1, 0.15) is 41.0 Å². The highest BCUT2D eigenvalue weighted by atomic mass is 35.5. The maximum Gasteiger partial charge on any atom is 0.257 e. The molecule has 0 aliphatic rings. The second kappa shape index (κ2) is 11.8. The zero-order valence-corrected chi connectivity index (χ0v) is 19.9. The zero-order chi connectivity index (χ0) is 23.8. The maximum absolute atomic E-state index is 12.8. The van der Waals surface area contributed by atoms with Gasteiger partial charge in [-0.05, 0) is 61.9 Å². The molecule has 1 heterocycles. The third-order valence-corrected chi connectivity index (χ3v) is 5.44. The first kappa shape index (κ1) is 24.7. The molecule has 0 unspecified atom stereocenters. The minimum Gasteiger partial charge on any atom is -0.377 e. The van der Waals surface area contributed by atoms with E-state index in [-0.39, 0.29) is 22.6 Å². The van der Waals surface area contributed by atoms with Crippen molar-refractivity contribution >= 4 is 40.7 Å². The van der Waals surface area contributed by atoms with Gasteiger partial charge in [0.25, 0.3) is 11.8 Å². The minimum atomic E-state index is -0.400. The average Bonchev–Trinajstić information content (AvgIpc) is 2.82. The number of pyridine rings is 1. The van der Waals surface area contributed by atoms with Gasteiger partial charge in [0.2, 0.25) is 0 Å². The SMILES string of the molecule is CCCO[C@@H](C)CNC(=O)c1ccc(C(=O)Nc2ccc(Cl)c(-c3ccccn3)c2)c(Cl)c1. The summed E-state index contributed by atoms with van der Waals surface area (Å²) in [5.74, 6) is -0.684. The molecule has 3 aromatic rings. The molecule has 1 atom stereocenters. The summed E-state index contributed by atoms with van der Waals surface area (Å²) in [7, 11) is 0. The van der Waals surface area contributed by atoms with Crippen molar-refractivity contribution in [2.75, 3.05) is 18.5 Å². The van der Waals surface area contributed by atoms with Crippen molar-refractivity contribution in [2.24, 2.45) is 0 Å². The summed E-state index contributed by atoms with van der Waals surface area (Å²) in [6.07, 6.45) is 2.50. The van der Waals surface area contributed by atoms with Crippen molar-refractivity contribution in [1.82, 2.24) is 10.3 Å². The molecule has 3 rings (SSSR count). The van der Waals surface area contributed by atoms with E-state index in [4.69, 9.17) is 27.9 Å². The number of carbonyl (C=O) groups is 2. The highest BCUT2D eigenvalue weighted by Gasteiger charge is 2.16. The molecule has 6 nitrogen and oxygen atoms in total. The fourth-order valence-corrected chi connectivity index (χ4v) is 3.56. The lowest BCUT2D eigenvalue weighted by Gasteiger charge is -2.14. The van der Waals surface area contributed by atoms with Gasteiger partial charge in [-0.25, -0.2) is 0 Å². The molecule has 0 spiro atoms. The quantitative estimate of drug-likeness (QED) is 0.398. The lowest BCUT2D eigenvalue weighted by atomic mass is 10.1. The standard InChI is InChI=1S/C25H25Cl2N3O3/c1-3-12-33-16(2)15-29-24(31)17-7-9-19(22(27)13-17)25(32)30-18-8-10-21(26)20(14-18)23-6-4-5-11-28-23/h4-11,13-14,16H,3,12,15H2,1-2H3,(H,29,31)(H,30,32)/t16-/m0/s1. The summed E-state index contributed by atoms with van der Waals surface area (Å²) in [6, 6.07) is 15.2. The Labute approximate surface area is 203 Å². The predicted molar refractivity (Wildman–Crippen MR) is 132 cm³/mol. The number of hydrogen-bond acceptors (Lipinski definition) is 4. The van der Waals surface area contributed by atoms with E-state index in [1.807, 2.05) is 32.0 Å². The van der Waals surface area contributed by atoms with Crippen molar-refractivity contribution in [2.45, 2.75) is 26.4 Å². The van der Waals surface area contributed by atoms with E-state index < -0.39 is 5.91 Å². The predicted octanol–water partition coefficient (Wildman–Crippen LogP) is 5.85. The normalized spacial score (nSPS) is 11.6. The fraction of sp³-hybridized carbons (Fsp3) is 0.240. The van der Waals surface area contributed by atoms with E-state index in [1.165, 1.54) is 12.1 Å². The first-order valence-electron chi connectivity index (χ1n) is 10.6. The molecule has 0 fully saturated rings. The Morgan fingerprint density at radius 2 is 1.85 bits per heavy atom. The third-order valence-electron chi connectivity index (χ3n) is 4.80. The number of nitrogens with one attached hydrogen (secondary N) is 2. The number of rotatable bonds is 9. The Hall–Kier alpha value is -2.93. The Kier molecular flexibility index (Phi) is 8.83. The van der Waals surface area contributed by atoms with Crippen molar-refractivity contribution in [3.63, 3.8) is 0 Å². The van der Waals surface area contributed by atoms with Gasteiger partial charge in [-0.2, -0.15) is 0 Å². The van der Waals surface area contributed by atoms with E-state index in [0.717, 1.165) is 6.42 Å². The number of nitrogens with zero attached hydrogens (tertiary/aromatic N) is 1. The molecule has 0 aliphatic heterocycles. The van der Waals surface area contributed by atoms with Gasteiger partial charge in [-0.1, -0.05) is 36.2 Å². The first-order chi connectivity index (χ1) is 15.9. The largest absolute Gasteiger partial charge is 0.377 e. The summed E-state index contributed by atoms with van der Waals surface area (Å²) < 4.78 is 5.55. The van der Waals surface area contributed by atoms with Gasteiger partial charge in [0.05, 0.1) is 27.4 Å². The topological polar surface area (TPSA) is 80.3 Å². The summed E-state index contributed by atoms with van der Waals surface area (Å²) in [5, 5.41) is 6.32. The first-order valence-corrected chi connectivity index (χ1v) is 11.4. The van der Waals surface area contributed by atoms with Gasteiger partial charge in [0.1, 0.15) is 0 Å². The van der Waals surface area contributed by atoms with Crippen molar-refractivity contribution in [1.29, 1.82) is 0 Å². The molecule has 1 aromatic heterocycles. The number of halogens is 2. The van der Waals surface area contributed by atoms with Gasteiger partial charge >= 0.3 is 0 Å². The second-order valence-corrected chi connectivity index (χ2v) is 8.26. The van der Waals surface area contributed by atoms with E-state index in [2.05, 4.69) is 15.6 Å². The molecule has 33 heavy (non-hydrogen) atoms. The van der Waals surface area contributed by atoms with Crippen LogP contribution >= 0.6 is 23.2 Å². The lowest BCUT2D eigenvalue weighted by Crippen LogP contribution is -2.32. The molecular weight excluding hydrogens is 461 g/mol. The van der Waals surface area contributed by atoms with Crippen LogP contribution in [0.15, 0.2) is 60.8 Å². The van der Waals surface area contributed by atoms with Crippen LogP contribution in [0.5, 0.6) is 0 Å². The maximum atomic E-state index is 12.8. The molecule has 0 saturated carbocycles. The molecule has 2 N–H and O–H groups in total. The van der Waals surface area contributed by atoms with Crippen molar-refractivity contribution < 1.29 is 14.3 Å². The molecule has 8 heteroatoms. The number of hydrogen-bond donors (Lipinski definition) is 2. The molecular formula is C25H25Cl2N3O3. The van der Waals surface area contributed by atoms with Crippen LogP contribution in [0, 0.1) is 0 Å². The van der Waals surface area contributed by atoms with E-state index in [1.54, 1.807) is 30.5 Å². The Morgan fingerprint density at radius 3 is 2.55 bits per heavy atom. The Balaban J connectivity index is 1.68. The Morgan fingerprint density at radius 1 is 1.03 bits per heavy atom. The van der Waals surface area contributed by atoms with Crippen molar-refractivity contribution in [3.8, 4) is 11.3 Å². The summed E-state index contributed by atoms with van der Waals surface area (Å²) in [4.78, 5) is 29.5. The molecule has 172 valence electrons. The molecule has 2 amide bonds. The minimum absolute atomic E-state index is 0.0928. The van der Waals surface area contributed by atoms with Gasteiger partial charge in [0.15, 0.2) is 0 Å². The number of ether oxygens (including phenoxy) is 1. The van der Waals surface area contributed by atoms with Gasteiger partial charge in [-0.3, -0.25) is 14.6 Å². The highest BCUT2D eigenvalue weighted by Crippen LogP contribution is 2.29. The Bertz CT molecular complexity index is 1120. The lowest BCUT2D eigenvalue weighted by molar-refractivity contribution is 0.0622. The molecule has 0 radical (unpaired) electrons. The van der Waals surface area contributed by atoms with Crippen LogP contribution in [0.4, 0.5) is 5.69 Å². The number of anilines is 1. The molecule has 0 aliphatic carbocycles. The van der Waals surface area contributed by atoms with Gasteiger partial charge < -0.3 is 15.4 Å². The molecule has 0 saturated heterocycles. The number of benzene rings is 2. The third kappa shape index (κ3) is 6.78. The average molecular weight is 486 g/mol. The van der Waals surface area contributed by atoms with Crippen LogP contribution in [0.3, 0.4) is 0 Å². The number of amides is 2. The van der Waals surface area contributed by atoms with Crippen LogP contribution in [0.2, 0.25) is 10.0 Å². The van der Waals surface area contributed by atoms with Crippen LogP contribution in [-0.4, -0.2) is 36.1 Å². The fourth-order valence-electron chi connectivity index (χ4n) is 3.08. The number of carbonyl (C=O) groups excluding carboxylic acids is 2. The molecule has 2 aromatic carbocycles. The van der Waals surface area contributed by atoms with Crippen LogP contribution in [0.25, 0.3) is 11.3 Å². The summed E-state index contributed by atoms with van der Waals surface area (Å²) in [5.41, 5.74) is 2.56. The van der Waals surface area contributed by atoms with Crippen LogP contribution < -0.4 is 10.6 Å². The van der Waals surface area contributed by atoms with E-state index >= 15 is 0 Å². The van der Waals surface area contributed by atoms with Gasteiger partial charge in [-0.15, -0.1) is 0 Å².